The van der Waals surface area contributed by atoms with Gasteiger partial charge in [0.15, 0.2) is 5.69 Å². The lowest BCUT2D eigenvalue weighted by Gasteiger charge is -2.04. The lowest BCUT2D eigenvalue weighted by atomic mass is 10.4. The molecule has 7 heteroatoms. The molecule has 2 aromatic rings. The van der Waals surface area contributed by atoms with E-state index in [4.69, 9.17) is 9.26 Å². The Bertz CT molecular complexity index is 414. The lowest BCUT2D eigenvalue weighted by molar-refractivity contribution is 0.0683. The highest BCUT2D eigenvalue weighted by Crippen LogP contribution is 2.18. The van der Waals surface area contributed by atoms with Crippen LogP contribution in [0.3, 0.4) is 0 Å². The van der Waals surface area contributed by atoms with Crippen LogP contribution in [0.2, 0.25) is 0 Å². The van der Waals surface area contributed by atoms with Crippen molar-refractivity contribution in [2.45, 2.75) is 20.0 Å². The van der Waals surface area contributed by atoms with Gasteiger partial charge in [-0.05, 0) is 13.8 Å². The summed E-state index contributed by atoms with van der Waals surface area (Å²) in [6.07, 6.45) is 1.42. The number of hydrogen-bond donors (Lipinski definition) is 0. The maximum absolute atomic E-state index is 5.34. The molecule has 80 valence electrons. The van der Waals surface area contributed by atoms with Crippen molar-refractivity contribution >= 4 is 11.7 Å². The number of aromatic nitrogens is 4. The van der Waals surface area contributed by atoms with Gasteiger partial charge >= 0.3 is 0 Å². The largest absolute Gasteiger partial charge is 0.371 e. The van der Waals surface area contributed by atoms with E-state index in [9.17, 15) is 0 Å². The maximum atomic E-state index is 5.34. The molecule has 6 nitrogen and oxygen atoms in total. The van der Waals surface area contributed by atoms with Crippen molar-refractivity contribution in [2.75, 3.05) is 6.61 Å². The molecule has 0 aliphatic heterocycles. The molecule has 0 saturated heterocycles. The predicted molar refractivity (Wildman–Crippen MR) is 53.2 cm³/mol. The highest BCUT2D eigenvalue weighted by molar-refractivity contribution is 6.99. The van der Waals surface area contributed by atoms with Crippen molar-refractivity contribution in [1.29, 1.82) is 0 Å². The van der Waals surface area contributed by atoms with Gasteiger partial charge in [-0.2, -0.15) is 13.7 Å². The fourth-order valence-electron chi connectivity index (χ4n) is 1.09. The van der Waals surface area contributed by atoms with Crippen LogP contribution in [-0.2, 0) is 4.74 Å². The summed E-state index contributed by atoms with van der Waals surface area (Å²) in [5, 5.41) is 3.82. The lowest BCUT2D eigenvalue weighted by Crippen LogP contribution is -2.01. The van der Waals surface area contributed by atoms with Gasteiger partial charge < -0.3 is 9.26 Å². The van der Waals surface area contributed by atoms with Gasteiger partial charge in [0.05, 0.1) is 17.9 Å². The molecule has 0 fully saturated rings. The molecular formula is C8H10N4O2S. The van der Waals surface area contributed by atoms with E-state index in [2.05, 4.69) is 18.9 Å². The van der Waals surface area contributed by atoms with Gasteiger partial charge in [0.25, 0.3) is 5.89 Å². The molecule has 2 aromatic heterocycles. The molecule has 0 radical (unpaired) electrons. The molecule has 2 heterocycles. The van der Waals surface area contributed by atoms with Crippen LogP contribution in [-0.4, -0.2) is 25.5 Å². The molecule has 0 spiro atoms. The summed E-state index contributed by atoms with van der Waals surface area (Å²) in [6, 6.07) is 0. The monoisotopic (exact) mass is 226 g/mol. The van der Waals surface area contributed by atoms with Crippen molar-refractivity contribution in [2.24, 2.45) is 0 Å². The molecular weight excluding hydrogens is 216 g/mol. The van der Waals surface area contributed by atoms with E-state index in [0.29, 0.717) is 24.0 Å². The highest BCUT2D eigenvalue weighted by atomic mass is 32.1. The average molecular weight is 226 g/mol. The first-order valence-electron chi connectivity index (χ1n) is 4.54. The van der Waals surface area contributed by atoms with Crippen LogP contribution in [0.25, 0.3) is 11.6 Å². The van der Waals surface area contributed by atoms with E-state index in [1.165, 1.54) is 0 Å². The van der Waals surface area contributed by atoms with E-state index in [1.807, 2.05) is 13.8 Å². The van der Waals surface area contributed by atoms with E-state index < -0.39 is 0 Å². The number of hydrogen-bond acceptors (Lipinski definition) is 7. The summed E-state index contributed by atoms with van der Waals surface area (Å²) in [5.74, 6) is 0.908. The quantitative estimate of drug-likeness (QED) is 0.789. The second kappa shape index (κ2) is 4.45. The van der Waals surface area contributed by atoms with Crippen molar-refractivity contribution in [1.82, 2.24) is 18.9 Å². The minimum Gasteiger partial charge on any atom is -0.371 e. The summed E-state index contributed by atoms with van der Waals surface area (Å²) in [5.41, 5.74) is 0.599. The second-order valence-electron chi connectivity index (χ2n) is 2.85. The van der Waals surface area contributed by atoms with Gasteiger partial charge in [0.2, 0.25) is 5.82 Å². The van der Waals surface area contributed by atoms with Crippen LogP contribution in [0, 0.1) is 0 Å². The number of rotatable bonds is 4. The SMILES string of the molecule is CCO[C@H](C)c1noc(-c2cnsn2)n1. The standard InChI is InChI=1S/C8H10N4O2S/c1-3-13-5(2)7-10-8(14-11-7)6-4-9-15-12-6/h4-5H,3H2,1-2H3/t5-/m1/s1. The molecule has 15 heavy (non-hydrogen) atoms. The Kier molecular flexibility index (Phi) is 3.02. The van der Waals surface area contributed by atoms with Crippen molar-refractivity contribution < 1.29 is 9.26 Å². The number of nitrogens with zero attached hydrogens (tertiary/aromatic N) is 4. The van der Waals surface area contributed by atoms with Gasteiger partial charge in [0, 0.05) is 6.61 Å². The molecule has 0 N–H and O–H groups in total. The fourth-order valence-corrected chi connectivity index (χ4v) is 1.49. The third-order valence-electron chi connectivity index (χ3n) is 1.80. The Morgan fingerprint density at radius 1 is 1.60 bits per heavy atom. The van der Waals surface area contributed by atoms with E-state index in [-0.39, 0.29) is 6.10 Å². The van der Waals surface area contributed by atoms with Crippen LogP contribution < -0.4 is 0 Å². The maximum Gasteiger partial charge on any atom is 0.279 e. The van der Waals surface area contributed by atoms with E-state index in [0.717, 1.165) is 11.7 Å². The zero-order chi connectivity index (χ0) is 10.7. The molecule has 1 atom stereocenters. The van der Waals surface area contributed by atoms with Crippen LogP contribution in [0.1, 0.15) is 25.8 Å². The van der Waals surface area contributed by atoms with Crippen molar-refractivity contribution in [3.8, 4) is 11.6 Å². The first kappa shape index (κ1) is 10.2. The molecule has 2 rings (SSSR count). The fraction of sp³-hybridized carbons (Fsp3) is 0.500. The van der Waals surface area contributed by atoms with E-state index >= 15 is 0 Å². The van der Waals surface area contributed by atoms with Gasteiger partial charge in [0.1, 0.15) is 6.10 Å². The Labute approximate surface area is 90.6 Å². The average Bonchev–Trinajstić information content (AvgIpc) is 2.89. The topological polar surface area (TPSA) is 73.9 Å². The Hall–Kier alpha value is -1.34. The summed E-state index contributed by atoms with van der Waals surface area (Å²) in [6.45, 7) is 4.41. The Morgan fingerprint density at radius 2 is 2.47 bits per heavy atom. The van der Waals surface area contributed by atoms with Gasteiger partial charge in [-0.1, -0.05) is 5.16 Å². The Morgan fingerprint density at radius 3 is 3.13 bits per heavy atom. The van der Waals surface area contributed by atoms with Crippen LogP contribution in [0.5, 0.6) is 0 Å². The zero-order valence-corrected chi connectivity index (χ0v) is 9.19. The number of ether oxygens (including phenoxy) is 1. The smallest absolute Gasteiger partial charge is 0.279 e. The third kappa shape index (κ3) is 2.18. The first-order chi connectivity index (χ1) is 7.31. The van der Waals surface area contributed by atoms with Gasteiger partial charge in [-0.25, -0.2) is 0 Å². The molecule has 0 aliphatic rings. The summed E-state index contributed by atoms with van der Waals surface area (Å²) in [7, 11) is 0. The minimum atomic E-state index is -0.168. The summed E-state index contributed by atoms with van der Waals surface area (Å²) < 4.78 is 18.2. The summed E-state index contributed by atoms with van der Waals surface area (Å²) in [4.78, 5) is 4.17. The predicted octanol–water partition coefficient (Wildman–Crippen LogP) is 1.69. The molecule has 0 saturated carbocycles. The zero-order valence-electron chi connectivity index (χ0n) is 8.38. The van der Waals surface area contributed by atoms with Crippen molar-refractivity contribution in [3.63, 3.8) is 0 Å². The molecule has 0 aromatic carbocycles. The van der Waals surface area contributed by atoms with Crippen LogP contribution in [0.4, 0.5) is 0 Å². The molecule has 0 unspecified atom stereocenters. The normalized spacial score (nSPS) is 12.9. The van der Waals surface area contributed by atoms with E-state index in [1.54, 1.807) is 6.20 Å². The van der Waals surface area contributed by atoms with Gasteiger partial charge in [-0.3, -0.25) is 0 Å². The molecule has 0 aliphatic carbocycles. The second-order valence-corrected chi connectivity index (χ2v) is 3.40. The van der Waals surface area contributed by atoms with Crippen LogP contribution in [0.15, 0.2) is 10.7 Å². The third-order valence-corrected chi connectivity index (χ3v) is 2.28. The van der Waals surface area contributed by atoms with Gasteiger partial charge in [-0.15, -0.1) is 0 Å². The first-order valence-corrected chi connectivity index (χ1v) is 5.27. The van der Waals surface area contributed by atoms with Crippen LogP contribution >= 0.6 is 11.7 Å². The summed E-state index contributed by atoms with van der Waals surface area (Å²) >= 11 is 1.10. The molecule has 0 bridgehead atoms. The van der Waals surface area contributed by atoms with Crippen molar-refractivity contribution in [3.05, 3.63) is 12.0 Å². The Balaban J connectivity index is 2.17. The molecule has 0 amide bonds. The highest BCUT2D eigenvalue weighted by Gasteiger charge is 2.15. The minimum absolute atomic E-state index is 0.168.